The molecule has 0 aliphatic carbocycles. The van der Waals surface area contributed by atoms with E-state index in [1.165, 1.54) is 4.90 Å². The first-order valence-corrected chi connectivity index (χ1v) is 13.7. The number of carbonyl (C=O) groups is 2. The van der Waals surface area contributed by atoms with Gasteiger partial charge >= 0.3 is 6.18 Å². The van der Waals surface area contributed by atoms with Gasteiger partial charge in [0.05, 0.1) is 17.7 Å². The van der Waals surface area contributed by atoms with Crippen molar-refractivity contribution in [3.63, 3.8) is 0 Å². The predicted molar refractivity (Wildman–Crippen MR) is 152 cm³/mol. The van der Waals surface area contributed by atoms with Crippen LogP contribution < -0.4 is 9.64 Å². The molecular weight excluding hydrogens is 627 g/mol. The van der Waals surface area contributed by atoms with Gasteiger partial charge in [0.2, 0.25) is 5.60 Å². The van der Waals surface area contributed by atoms with Crippen LogP contribution in [0.5, 0.6) is 5.75 Å². The second-order valence-corrected chi connectivity index (χ2v) is 10.7. The van der Waals surface area contributed by atoms with E-state index in [1.807, 2.05) is 18.2 Å². The molecule has 13 heteroatoms. The van der Waals surface area contributed by atoms with Crippen molar-refractivity contribution >= 4 is 46.0 Å². The highest BCUT2D eigenvalue weighted by atomic mass is 79.9. The van der Waals surface area contributed by atoms with E-state index < -0.39 is 28.8 Å². The molecule has 2 aliphatic heterocycles. The first kappa shape index (κ1) is 30.6. The highest BCUT2D eigenvalue weighted by Gasteiger charge is 2.49. The van der Waals surface area contributed by atoms with Gasteiger partial charge in [-0.15, -0.1) is 12.4 Å². The number of aromatic nitrogens is 2. The number of anilines is 1. The van der Waals surface area contributed by atoms with Crippen molar-refractivity contribution in [2.24, 2.45) is 0 Å². The first-order chi connectivity index (χ1) is 19.2. The Hall–Kier alpha value is -3.38. The van der Waals surface area contributed by atoms with Crippen LogP contribution in [0.25, 0.3) is 0 Å². The van der Waals surface area contributed by atoms with Gasteiger partial charge in [0.1, 0.15) is 11.6 Å². The molecule has 2 aliphatic rings. The number of amides is 2. The minimum Gasteiger partial charge on any atom is -0.476 e. The number of pyridine rings is 2. The van der Waals surface area contributed by atoms with Gasteiger partial charge in [0, 0.05) is 55.8 Å². The molecule has 2 amide bonds. The van der Waals surface area contributed by atoms with Crippen molar-refractivity contribution in [2.75, 3.05) is 44.2 Å². The molecule has 4 heterocycles. The van der Waals surface area contributed by atoms with E-state index in [1.54, 1.807) is 35.4 Å². The molecule has 2 saturated heterocycles. The first-order valence-electron chi connectivity index (χ1n) is 12.9. The Morgan fingerprint density at radius 3 is 2.32 bits per heavy atom. The number of ether oxygens (including phenoxy) is 1. The fourth-order valence-corrected chi connectivity index (χ4v) is 5.44. The number of piperidine rings is 1. The van der Waals surface area contributed by atoms with Crippen LogP contribution in [0.3, 0.4) is 0 Å². The number of alkyl halides is 3. The lowest BCUT2D eigenvalue weighted by atomic mass is 9.89. The highest BCUT2D eigenvalue weighted by Crippen LogP contribution is 2.35. The molecule has 0 bridgehead atoms. The average Bonchev–Trinajstić information content (AvgIpc) is 2.98. The van der Waals surface area contributed by atoms with Crippen LogP contribution in [-0.2, 0) is 11.0 Å². The lowest BCUT2D eigenvalue weighted by Crippen LogP contribution is -2.64. The summed E-state index contributed by atoms with van der Waals surface area (Å²) in [6, 6.07) is 13.4. The third-order valence-electron chi connectivity index (χ3n) is 7.16. The van der Waals surface area contributed by atoms with Gasteiger partial charge in [-0.05, 0) is 55.3 Å². The van der Waals surface area contributed by atoms with Crippen molar-refractivity contribution in [2.45, 2.75) is 24.6 Å². The lowest BCUT2D eigenvalue weighted by molar-refractivity contribution is -0.153. The van der Waals surface area contributed by atoms with E-state index in [0.717, 1.165) is 28.8 Å². The topological polar surface area (TPSA) is 78.9 Å². The molecule has 0 radical (unpaired) electrons. The summed E-state index contributed by atoms with van der Waals surface area (Å²) in [5.74, 6) is 0.115. The molecule has 3 aromatic rings. The summed E-state index contributed by atoms with van der Waals surface area (Å²) in [5.41, 5.74) is -3.07. The SMILES string of the molecule is Cl.O=C(c1cnccc1C(F)(F)F)N1CCCC(Oc2ccc(Br)cc2)(C(=O)N2CCN(c3ccccn3)CC2)C1. The summed E-state index contributed by atoms with van der Waals surface area (Å²) in [5, 5.41) is 0. The largest absolute Gasteiger partial charge is 0.476 e. The van der Waals surface area contributed by atoms with Crippen molar-refractivity contribution in [3.05, 3.63) is 82.7 Å². The molecule has 2 aromatic heterocycles. The third-order valence-corrected chi connectivity index (χ3v) is 7.68. The summed E-state index contributed by atoms with van der Waals surface area (Å²) in [6.45, 7) is 1.95. The summed E-state index contributed by atoms with van der Waals surface area (Å²) >= 11 is 3.39. The van der Waals surface area contributed by atoms with Crippen LogP contribution in [0, 0.1) is 0 Å². The summed E-state index contributed by atoms with van der Waals surface area (Å²) in [7, 11) is 0. The van der Waals surface area contributed by atoms with Crippen LogP contribution >= 0.6 is 28.3 Å². The van der Waals surface area contributed by atoms with Crippen molar-refractivity contribution in [1.82, 2.24) is 19.8 Å². The molecule has 1 unspecified atom stereocenters. The highest BCUT2D eigenvalue weighted by molar-refractivity contribution is 9.10. The predicted octanol–water partition coefficient (Wildman–Crippen LogP) is 5.08. The maximum atomic E-state index is 14.1. The number of halogens is 5. The smallest absolute Gasteiger partial charge is 0.417 e. The van der Waals surface area contributed by atoms with Crippen LogP contribution in [0.15, 0.2) is 71.6 Å². The van der Waals surface area contributed by atoms with Crippen LogP contribution in [-0.4, -0.2) is 76.5 Å². The standard InChI is InChI=1S/C28H27BrF3N5O3.ClH/c29-20-5-7-21(8-6-20)40-27(26(39)36-16-14-35(15-17-36)24-4-1-2-11-34-24)10-3-13-37(19-27)25(38)22-18-33-12-9-23(22)28(30,31)32;/h1-2,4-9,11-12,18H,3,10,13-17,19H2;1H. The summed E-state index contributed by atoms with van der Waals surface area (Å²) < 4.78 is 48.2. The van der Waals surface area contributed by atoms with E-state index in [0.29, 0.717) is 44.8 Å². The zero-order valence-corrected chi connectivity index (χ0v) is 24.3. The molecular formula is C28H28BrClF3N5O3. The number of likely N-dealkylation sites (tertiary alicyclic amines) is 1. The monoisotopic (exact) mass is 653 g/mol. The van der Waals surface area contributed by atoms with Gasteiger partial charge in [-0.3, -0.25) is 14.6 Å². The molecule has 41 heavy (non-hydrogen) atoms. The number of hydrogen-bond acceptors (Lipinski definition) is 6. The molecule has 1 atom stereocenters. The van der Waals surface area contributed by atoms with Crippen LogP contribution in [0.1, 0.15) is 28.8 Å². The molecule has 0 saturated carbocycles. The summed E-state index contributed by atoms with van der Waals surface area (Å²) in [6.07, 6.45) is -0.388. The van der Waals surface area contributed by atoms with Gasteiger partial charge in [-0.2, -0.15) is 13.2 Å². The fraction of sp³-hybridized carbons (Fsp3) is 0.357. The molecule has 0 N–H and O–H groups in total. The van der Waals surface area contributed by atoms with Gasteiger partial charge < -0.3 is 19.4 Å². The second-order valence-electron chi connectivity index (χ2n) is 9.77. The maximum Gasteiger partial charge on any atom is 0.417 e. The van der Waals surface area contributed by atoms with Gasteiger partial charge in [-0.1, -0.05) is 22.0 Å². The minimum absolute atomic E-state index is 0. The number of rotatable bonds is 5. The Labute approximate surface area is 250 Å². The van der Waals surface area contributed by atoms with E-state index in [9.17, 15) is 22.8 Å². The number of benzene rings is 1. The Morgan fingerprint density at radius 2 is 1.66 bits per heavy atom. The third kappa shape index (κ3) is 6.75. The van der Waals surface area contributed by atoms with Crippen LogP contribution in [0.2, 0.25) is 0 Å². The second kappa shape index (κ2) is 12.6. The van der Waals surface area contributed by atoms with Gasteiger partial charge in [0.25, 0.3) is 11.8 Å². The molecule has 1 aromatic carbocycles. The quantitative estimate of drug-likeness (QED) is 0.382. The van der Waals surface area contributed by atoms with Crippen molar-refractivity contribution < 1.29 is 27.5 Å². The number of piperazine rings is 1. The van der Waals surface area contributed by atoms with E-state index in [-0.39, 0.29) is 31.4 Å². The fourth-order valence-electron chi connectivity index (χ4n) is 5.18. The lowest BCUT2D eigenvalue weighted by Gasteiger charge is -2.45. The average molecular weight is 655 g/mol. The normalized spacial score (nSPS) is 19.4. The van der Waals surface area contributed by atoms with E-state index in [4.69, 9.17) is 4.74 Å². The Balaban J connectivity index is 0.00000387. The van der Waals surface area contributed by atoms with Crippen LogP contribution in [0.4, 0.5) is 19.0 Å². The molecule has 0 spiro atoms. The molecule has 8 nitrogen and oxygen atoms in total. The Bertz CT molecular complexity index is 1360. The molecule has 2 fully saturated rings. The number of hydrogen-bond donors (Lipinski definition) is 0. The molecule has 218 valence electrons. The zero-order chi connectivity index (χ0) is 28.3. The Morgan fingerprint density at radius 1 is 0.927 bits per heavy atom. The zero-order valence-electron chi connectivity index (χ0n) is 21.9. The maximum absolute atomic E-state index is 14.1. The minimum atomic E-state index is -4.72. The van der Waals surface area contributed by atoms with Gasteiger partial charge in [-0.25, -0.2) is 4.98 Å². The van der Waals surface area contributed by atoms with E-state index in [2.05, 4.69) is 30.8 Å². The molecule has 5 rings (SSSR count). The Kier molecular flexibility index (Phi) is 9.43. The van der Waals surface area contributed by atoms with Crippen molar-refractivity contribution in [1.29, 1.82) is 0 Å². The van der Waals surface area contributed by atoms with E-state index >= 15 is 0 Å². The summed E-state index contributed by atoms with van der Waals surface area (Å²) in [4.78, 5) is 40.8. The number of carbonyl (C=O) groups excluding carboxylic acids is 2. The van der Waals surface area contributed by atoms with Gasteiger partial charge in [0.15, 0.2) is 0 Å². The number of nitrogens with zero attached hydrogens (tertiary/aromatic N) is 5. The van der Waals surface area contributed by atoms with Crippen molar-refractivity contribution in [3.8, 4) is 5.75 Å².